The van der Waals surface area contributed by atoms with Crippen molar-refractivity contribution in [2.75, 3.05) is 18.8 Å². The Bertz CT molecular complexity index is 610. The molecule has 0 bridgehead atoms. The summed E-state index contributed by atoms with van der Waals surface area (Å²) in [5.41, 5.74) is 0. The summed E-state index contributed by atoms with van der Waals surface area (Å²) in [4.78, 5) is 16.3. The second-order valence-electron chi connectivity index (χ2n) is 6.35. The molecule has 27 heavy (non-hydrogen) atoms. The Balaban J connectivity index is 0.00000364. The first-order chi connectivity index (χ1) is 12.6. The van der Waals surface area contributed by atoms with E-state index < -0.39 is 10.8 Å². The van der Waals surface area contributed by atoms with Crippen molar-refractivity contribution in [3.05, 3.63) is 24.2 Å². The Morgan fingerprint density at radius 3 is 2.81 bits per heavy atom. The number of amides is 1. The fourth-order valence-corrected chi connectivity index (χ4v) is 4.42. The van der Waals surface area contributed by atoms with Crippen LogP contribution in [0.25, 0.3) is 0 Å². The van der Waals surface area contributed by atoms with E-state index in [1.807, 2.05) is 19.9 Å². The molecule has 9 heteroatoms. The largest absolute Gasteiger partial charge is 0.467 e. The number of halogens is 1. The van der Waals surface area contributed by atoms with Gasteiger partial charge in [-0.1, -0.05) is 13.3 Å². The second kappa shape index (κ2) is 13.1. The van der Waals surface area contributed by atoms with E-state index in [0.29, 0.717) is 24.0 Å². The molecule has 1 saturated carbocycles. The molecule has 1 heterocycles. The van der Waals surface area contributed by atoms with Crippen molar-refractivity contribution >= 4 is 46.6 Å². The molecule has 154 valence electrons. The van der Waals surface area contributed by atoms with Crippen LogP contribution < -0.4 is 16.0 Å². The van der Waals surface area contributed by atoms with Gasteiger partial charge in [-0.25, -0.2) is 4.99 Å². The molecule has 1 amide bonds. The molecular formula is C18H31IN4O3S. The van der Waals surface area contributed by atoms with Crippen LogP contribution in [0.5, 0.6) is 0 Å². The van der Waals surface area contributed by atoms with E-state index in [-0.39, 0.29) is 47.7 Å². The molecule has 0 saturated heterocycles. The summed E-state index contributed by atoms with van der Waals surface area (Å²) < 4.78 is 17.3. The van der Waals surface area contributed by atoms with E-state index in [1.165, 1.54) is 0 Å². The Labute approximate surface area is 181 Å². The van der Waals surface area contributed by atoms with Gasteiger partial charge in [-0.2, -0.15) is 0 Å². The average molecular weight is 510 g/mol. The van der Waals surface area contributed by atoms with E-state index in [9.17, 15) is 9.00 Å². The minimum Gasteiger partial charge on any atom is -0.467 e. The van der Waals surface area contributed by atoms with Crippen LogP contribution in [0.3, 0.4) is 0 Å². The van der Waals surface area contributed by atoms with Gasteiger partial charge in [0, 0.05) is 34.4 Å². The number of aliphatic imine (C=N–C) groups is 1. The third kappa shape index (κ3) is 8.63. The van der Waals surface area contributed by atoms with Crippen LogP contribution in [0.15, 0.2) is 27.8 Å². The van der Waals surface area contributed by atoms with Crippen LogP contribution in [-0.4, -0.2) is 46.2 Å². The molecule has 1 aliphatic carbocycles. The molecule has 1 aromatic rings. The predicted octanol–water partition coefficient (Wildman–Crippen LogP) is 2.15. The molecule has 3 atom stereocenters. The van der Waals surface area contributed by atoms with Crippen LogP contribution in [-0.2, 0) is 22.1 Å². The van der Waals surface area contributed by atoms with Crippen molar-refractivity contribution in [2.24, 2.45) is 4.99 Å². The maximum atomic E-state index is 12.1. The maximum absolute atomic E-state index is 12.1. The Kier molecular flexibility index (Phi) is 11.7. The molecule has 0 radical (unpaired) electrons. The fourth-order valence-electron chi connectivity index (χ4n) is 3.07. The second-order valence-corrected chi connectivity index (χ2v) is 8.36. The molecule has 1 aliphatic rings. The molecule has 0 spiro atoms. The summed E-state index contributed by atoms with van der Waals surface area (Å²) >= 11 is 0. The average Bonchev–Trinajstić information content (AvgIpc) is 3.18. The number of rotatable bonds is 8. The van der Waals surface area contributed by atoms with E-state index in [2.05, 4.69) is 20.9 Å². The van der Waals surface area contributed by atoms with Gasteiger partial charge in [0.2, 0.25) is 5.91 Å². The van der Waals surface area contributed by atoms with Gasteiger partial charge in [0.1, 0.15) is 12.3 Å². The van der Waals surface area contributed by atoms with Crippen LogP contribution in [0.2, 0.25) is 0 Å². The standard InChI is InChI=1S/C18H30N4O3S.HI/c1-3-19-18(21-13-17(23)20-12-15-8-6-10-25-15)22-14-7-5-9-16(11-14)26(24)4-2;/h6,8,10,14,16H,3-5,7,9,11-13H2,1-2H3,(H,20,23)(H2,19,21,22);1H. The predicted molar refractivity (Wildman–Crippen MR) is 120 cm³/mol. The normalized spacial score (nSPS) is 21.0. The molecule has 0 aromatic carbocycles. The summed E-state index contributed by atoms with van der Waals surface area (Å²) in [6, 6.07) is 3.85. The zero-order valence-electron chi connectivity index (χ0n) is 16.0. The molecule has 3 unspecified atom stereocenters. The number of carbonyl (C=O) groups is 1. The number of hydrogen-bond donors (Lipinski definition) is 3. The highest BCUT2D eigenvalue weighted by atomic mass is 127. The molecule has 7 nitrogen and oxygen atoms in total. The van der Waals surface area contributed by atoms with E-state index in [0.717, 1.165) is 32.2 Å². The van der Waals surface area contributed by atoms with Crippen molar-refractivity contribution in [1.29, 1.82) is 0 Å². The van der Waals surface area contributed by atoms with E-state index in [4.69, 9.17) is 4.42 Å². The monoisotopic (exact) mass is 510 g/mol. The van der Waals surface area contributed by atoms with Crippen LogP contribution in [0, 0.1) is 0 Å². The highest BCUT2D eigenvalue weighted by Gasteiger charge is 2.26. The first-order valence-corrected chi connectivity index (χ1v) is 10.7. The first kappa shape index (κ1) is 23.9. The summed E-state index contributed by atoms with van der Waals surface area (Å²) in [5.74, 6) is 1.90. The lowest BCUT2D eigenvalue weighted by Gasteiger charge is -2.30. The SMILES string of the molecule is CCNC(=NCC(=O)NCc1ccco1)NC1CCCC(S(=O)CC)C1.I. The molecule has 0 aliphatic heterocycles. The van der Waals surface area contributed by atoms with Crippen LogP contribution in [0.4, 0.5) is 0 Å². The Morgan fingerprint density at radius 1 is 1.33 bits per heavy atom. The third-order valence-electron chi connectivity index (χ3n) is 4.39. The summed E-state index contributed by atoms with van der Waals surface area (Å²) in [6.45, 7) is 5.09. The van der Waals surface area contributed by atoms with Gasteiger partial charge in [-0.15, -0.1) is 24.0 Å². The van der Waals surface area contributed by atoms with E-state index in [1.54, 1.807) is 12.3 Å². The topological polar surface area (TPSA) is 95.7 Å². The Hall–Kier alpha value is -1.10. The Morgan fingerprint density at radius 2 is 2.15 bits per heavy atom. The van der Waals surface area contributed by atoms with Crippen molar-refractivity contribution < 1.29 is 13.4 Å². The van der Waals surface area contributed by atoms with Gasteiger partial charge >= 0.3 is 0 Å². The summed E-state index contributed by atoms with van der Waals surface area (Å²) in [5, 5.41) is 9.61. The van der Waals surface area contributed by atoms with Crippen LogP contribution in [0.1, 0.15) is 45.3 Å². The van der Waals surface area contributed by atoms with Crippen molar-refractivity contribution in [3.8, 4) is 0 Å². The van der Waals surface area contributed by atoms with Gasteiger partial charge in [0.05, 0.1) is 12.8 Å². The van der Waals surface area contributed by atoms with E-state index >= 15 is 0 Å². The molecule has 2 rings (SSSR count). The number of carbonyl (C=O) groups excluding carboxylic acids is 1. The number of nitrogens with one attached hydrogen (secondary N) is 3. The highest BCUT2D eigenvalue weighted by Crippen LogP contribution is 2.22. The van der Waals surface area contributed by atoms with Crippen molar-refractivity contribution in [3.63, 3.8) is 0 Å². The van der Waals surface area contributed by atoms with Gasteiger partial charge in [-0.05, 0) is 38.3 Å². The molecule has 1 fully saturated rings. The highest BCUT2D eigenvalue weighted by molar-refractivity contribution is 14.0. The zero-order valence-corrected chi connectivity index (χ0v) is 19.2. The number of furan rings is 1. The zero-order chi connectivity index (χ0) is 18.8. The molecular weight excluding hydrogens is 479 g/mol. The van der Waals surface area contributed by atoms with Gasteiger partial charge < -0.3 is 20.4 Å². The van der Waals surface area contributed by atoms with Gasteiger partial charge in [0.15, 0.2) is 5.96 Å². The fraction of sp³-hybridized carbons (Fsp3) is 0.667. The lowest BCUT2D eigenvalue weighted by Crippen LogP contribution is -2.47. The molecule has 3 N–H and O–H groups in total. The minimum absolute atomic E-state index is 0. The first-order valence-electron chi connectivity index (χ1n) is 9.33. The summed E-state index contributed by atoms with van der Waals surface area (Å²) in [7, 11) is -0.755. The van der Waals surface area contributed by atoms with Crippen molar-refractivity contribution in [1.82, 2.24) is 16.0 Å². The minimum atomic E-state index is -0.755. The smallest absolute Gasteiger partial charge is 0.242 e. The number of nitrogens with zero attached hydrogens (tertiary/aromatic N) is 1. The quantitative estimate of drug-likeness (QED) is 0.283. The lowest BCUT2D eigenvalue weighted by atomic mass is 9.95. The van der Waals surface area contributed by atoms with Gasteiger partial charge in [0.25, 0.3) is 0 Å². The third-order valence-corrected chi connectivity index (χ3v) is 6.13. The number of hydrogen-bond acceptors (Lipinski definition) is 4. The number of guanidine groups is 1. The molecule has 1 aromatic heterocycles. The van der Waals surface area contributed by atoms with Crippen molar-refractivity contribution in [2.45, 2.75) is 57.4 Å². The van der Waals surface area contributed by atoms with Crippen LogP contribution >= 0.6 is 24.0 Å². The van der Waals surface area contributed by atoms with Gasteiger partial charge in [-0.3, -0.25) is 9.00 Å². The lowest BCUT2D eigenvalue weighted by molar-refractivity contribution is -0.119. The maximum Gasteiger partial charge on any atom is 0.242 e. The summed E-state index contributed by atoms with van der Waals surface area (Å²) in [6.07, 6.45) is 5.59.